The second kappa shape index (κ2) is 15.5. The van der Waals surface area contributed by atoms with Gasteiger partial charge in [0, 0.05) is 10.8 Å². The largest absolute Gasteiger partial charge is 0.652 e. The number of benzene rings is 4. The molecule has 7 nitrogen and oxygen atoms in total. The van der Waals surface area contributed by atoms with Crippen LogP contribution < -0.4 is 10.2 Å². The van der Waals surface area contributed by atoms with E-state index in [2.05, 4.69) is 48.5 Å². The number of carbonyl (C=O) groups excluding carboxylic acids is 1. The maximum absolute atomic E-state index is 9.84. The lowest BCUT2D eigenvalue weighted by atomic mass is 9.65. The molecule has 0 aromatic heterocycles. The molecule has 4 N–H and O–H groups in total. The summed E-state index contributed by atoms with van der Waals surface area (Å²) in [5.41, 5.74) is 8.87. The van der Waals surface area contributed by atoms with E-state index >= 15 is 0 Å². The van der Waals surface area contributed by atoms with Crippen molar-refractivity contribution in [1.29, 1.82) is 0 Å². The van der Waals surface area contributed by atoms with Crippen molar-refractivity contribution >= 4 is 6.16 Å². The third-order valence-corrected chi connectivity index (χ3v) is 10.4. The highest BCUT2D eigenvalue weighted by molar-refractivity contribution is 5.49. The number of carboxylic acid groups (broad SMARTS) is 2. The molecule has 4 aromatic rings. The van der Waals surface area contributed by atoms with Crippen LogP contribution in [0.25, 0.3) is 0 Å². The van der Waals surface area contributed by atoms with Crippen LogP contribution in [0.4, 0.5) is 4.79 Å². The van der Waals surface area contributed by atoms with Crippen molar-refractivity contribution in [2.45, 2.75) is 103 Å². The first kappa shape index (κ1) is 36.2. The Morgan fingerprint density at radius 1 is 0.458 bits per heavy atom. The summed E-state index contributed by atoms with van der Waals surface area (Å²) in [6.07, 6.45) is 9.64. The first-order valence-electron chi connectivity index (χ1n) is 16.9. The van der Waals surface area contributed by atoms with E-state index in [-0.39, 0.29) is 10.8 Å². The molecule has 256 valence electrons. The number of aryl methyl sites for hydroxylation is 4. The fraction of sp³-hybridized carbons (Fsp3) is 0.390. The van der Waals surface area contributed by atoms with Crippen LogP contribution in [0, 0.1) is 27.7 Å². The molecule has 0 atom stereocenters. The predicted octanol–water partition coefficient (Wildman–Crippen LogP) is 7.48. The van der Waals surface area contributed by atoms with Crippen molar-refractivity contribution in [3.8, 4) is 23.0 Å². The Kier molecular flexibility index (Phi) is 11.7. The third kappa shape index (κ3) is 8.07. The lowest BCUT2D eigenvalue weighted by Crippen LogP contribution is -2.37. The van der Waals surface area contributed by atoms with Gasteiger partial charge in [0.1, 0.15) is 23.0 Å². The predicted molar refractivity (Wildman–Crippen MR) is 185 cm³/mol. The summed E-state index contributed by atoms with van der Waals surface area (Å²) < 4.78 is 0. The van der Waals surface area contributed by atoms with Gasteiger partial charge >= 0.3 is 0 Å². The first-order valence-corrected chi connectivity index (χ1v) is 16.9. The van der Waals surface area contributed by atoms with Gasteiger partial charge in [-0.3, -0.25) is 0 Å². The van der Waals surface area contributed by atoms with E-state index in [9.17, 15) is 20.4 Å². The minimum atomic E-state index is -2.33. The molecule has 48 heavy (non-hydrogen) atoms. The highest BCUT2D eigenvalue weighted by atomic mass is 16.6. The van der Waals surface area contributed by atoms with E-state index in [0.29, 0.717) is 23.0 Å². The van der Waals surface area contributed by atoms with Crippen molar-refractivity contribution in [1.82, 2.24) is 0 Å². The molecule has 2 aliphatic rings. The van der Waals surface area contributed by atoms with Gasteiger partial charge in [0.15, 0.2) is 0 Å². The highest BCUT2D eigenvalue weighted by Gasteiger charge is 2.37. The van der Waals surface area contributed by atoms with Crippen molar-refractivity contribution in [2.75, 3.05) is 0 Å². The zero-order valence-corrected chi connectivity index (χ0v) is 28.5. The first-order chi connectivity index (χ1) is 22.8. The third-order valence-electron chi connectivity index (χ3n) is 10.4. The molecule has 0 aliphatic heterocycles. The van der Waals surface area contributed by atoms with Crippen LogP contribution in [0.2, 0.25) is 0 Å². The summed E-state index contributed by atoms with van der Waals surface area (Å²) in [5, 5.41) is 56.0. The normalized spacial score (nSPS) is 16.4. The molecular formula is C41H48O7-2. The second-order valence-electron chi connectivity index (χ2n) is 13.5. The van der Waals surface area contributed by atoms with Crippen molar-refractivity contribution < 1.29 is 35.4 Å². The standard InChI is InChI=1S/2C20H24O2.CH2O3/c2*1-14-12-16(6-8-18(14)21)20(10-4-3-5-11-20)17-7-9-19(22)15(2)13-17;2-1(3)4/h2*6-9,12-13,21-22H,3-5,10-11H2,1-2H3;(H2,2,3,4)/p-2. The minimum absolute atomic E-state index is 0.00910. The molecule has 6 rings (SSSR count). The van der Waals surface area contributed by atoms with Gasteiger partial charge in [-0.25, -0.2) is 0 Å². The van der Waals surface area contributed by atoms with Gasteiger partial charge < -0.3 is 35.4 Å². The molecule has 0 heterocycles. The minimum Gasteiger partial charge on any atom is -0.652 e. The maximum atomic E-state index is 9.84. The zero-order chi connectivity index (χ0) is 35.1. The molecule has 7 heteroatoms. The van der Waals surface area contributed by atoms with Gasteiger partial charge in [-0.1, -0.05) is 87.1 Å². The second-order valence-corrected chi connectivity index (χ2v) is 13.5. The number of phenolic OH excluding ortho intramolecular Hbond substituents is 4. The van der Waals surface area contributed by atoms with E-state index in [1.54, 1.807) is 0 Å². The van der Waals surface area contributed by atoms with Gasteiger partial charge in [-0.2, -0.15) is 0 Å². The van der Waals surface area contributed by atoms with Gasteiger partial charge in [0.05, 0.1) is 0 Å². The molecule has 0 saturated heterocycles. The lowest BCUT2D eigenvalue weighted by Gasteiger charge is -2.39. The van der Waals surface area contributed by atoms with Crippen LogP contribution in [-0.2, 0) is 10.8 Å². The lowest BCUT2D eigenvalue weighted by molar-refractivity contribution is -0.415. The average molecular weight is 653 g/mol. The van der Waals surface area contributed by atoms with Crippen molar-refractivity contribution in [2.24, 2.45) is 0 Å². The smallest absolute Gasteiger partial charge is 0.118 e. The topological polar surface area (TPSA) is 144 Å². The van der Waals surface area contributed by atoms with Gasteiger partial charge in [-0.15, -0.1) is 0 Å². The van der Waals surface area contributed by atoms with Crippen molar-refractivity contribution in [3.63, 3.8) is 0 Å². The van der Waals surface area contributed by atoms with Gasteiger partial charge in [0.25, 0.3) is 0 Å². The van der Waals surface area contributed by atoms with E-state index in [0.717, 1.165) is 47.9 Å². The molecule has 0 radical (unpaired) electrons. The van der Waals surface area contributed by atoms with Crippen LogP contribution in [0.1, 0.15) is 109 Å². The van der Waals surface area contributed by atoms with Crippen molar-refractivity contribution in [3.05, 3.63) is 117 Å². The summed E-state index contributed by atoms with van der Waals surface area (Å²) in [6.45, 7) is 7.82. The number of phenols is 4. The summed E-state index contributed by atoms with van der Waals surface area (Å²) in [5.74, 6) is 1.43. The van der Waals surface area contributed by atoms with E-state index < -0.39 is 6.16 Å². The molecule has 0 bridgehead atoms. The van der Waals surface area contributed by atoms with Crippen LogP contribution in [0.3, 0.4) is 0 Å². The Bertz CT molecular complexity index is 1480. The molecule has 0 spiro atoms. The Morgan fingerprint density at radius 2 is 0.667 bits per heavy atom. The fourth-order valence-corrected chi connectivity index (χ4v) is 7.61. The fourth-order valence-electron chi connectivity index (χ4n) is 7.61. The SMILES string of the molecule is Cc1cc(C2(c3ccc(O)c(C)c3)CCCCC2)ccc1O.Cc1cc(C2(c3ccc(O)c(C)c3)CCCCC2)ccc1O.O=C([O-])[O-]. The van der Waals surface area contributed by atoms with Crippen LogP contribution in [0.15, 0.2) is 72.8 Å². The molecular weight excluding hydrogens is 604 g/mol. The summed E-state index contributed by atoms with van der Waals surface area (Å²) >= 11 is 0. The Morgan fingerprint density at radius 3 is 0.854 bits per heavy atom. The van der Waals surface area contributed by atoms with Gasteiger partial charge in [0.2, 0.25) is 0 Å². The van der Waals surface area contributed by atoms with E-state index in [1.165, 1.54) is 60.8 Å². The molecule has 2 aliphatic carbocycles. The average Bonchev–Trinajstić information content (AvgIpc) is 3.07. The number of carbonyl (C=O) groups is 1. The molecule has 0 amide bonds. The van der Waals surface area contributed by atoms with E-state index in [4.69, 9.17) is 15.0 Å². The number of hydrogen-bond acceptors (Lipinski definition) is 7. The number of hydrogen-bond donors (Lipinski definition) is 4. The Balaban J connectivity index is 0.000000195. The quantitative estimate of drug-likeness (QED) is 0.179. The molecule has 4 aromatic carbocycles. The highest BCUT2D eigenvalue weighted by Crippen LogP contribution is 2.47. The number of rotatable bonds is 4. The summed E-state index contributed by atoms with van der Waals surface area (Å²) in [4.78, 5) is 8.33. The molecule has 2 saturated carbocycles. The van der Waals surface area contributed by atoms with Gasteiger partial charge in [-0.05, 0) is 128 Å². The monoisotopic (exact) mass is 652 g/mol. The zero-order valence-electron chi connectivity index (χ0n) is 28.5. The molecule has 0 unspecified atom stereocenters. The summed E-state index contributed by atoms with van der Waals surface area (Å²) in [6, 6.07) is 24.0. The van der Waals surface area contributed by atoms with Crippen LogP contribution in [-0.4, -0.2) is 26.6 Å². The maximum Gasteiger partial charge on any atom is 0.118 e. The van der Waals surface area contributed by atoms with Crippen LogP contribution >= 0.6 is 0 Å². The Labute approximate surface area is 284 Å². The molecule has 2 fully saturated rings. The van der Waals surface area contributed by atoms with E-state index in [1.807, 2.05) is 52.0 Å². The number of aromatic hydroxyl groups is 4. The summed E-state index contributed by atoms with van der Waals surface area (Å²) in [7, 11) is 0. The van der Waals surface area contributed by atoms with Crippen LogP contribution in [0.5, 0.6) is 23.0 Å². The Hall–Kier alpha value is -4.65.